The maximum absolute atomic E-state index is 13.6. The van der Waals surface area contributed by atoms with Crippen molar-refractivity contribution in [1.29, 1.82) is 0 Å². The van der Waals surface area contributed by atoms with Crippen molar-refractivity contribution in [1.82, 2.24) is 5.32 Å². The van der Waals surface area contributed by atoms with Gasteiger partial charge < -0.3 is 14.8 Å². The Labute approximate surface area is 207 Å². The number of aryl methyl sites for hydroxylation is 2. The topological polar surface area (TPSA) is 84.9 Å². The van der Waals surface area contributed by atoms with Gasteiger partial charge in [0.25, 0.3) is 10.0 Å². The van der Waals surface area contributed by atoms with E-state index in [9.17, 15) is 13.2 Å². The van der Waals surface area contributed by atoms with Gasteiger partial charge in [-0.25, -0.2) is 8.42 Å². The molecule has 0 aliphatic heterocycles. The van der Waals surface area contributed by atoms with Gasteiger partial charge in [-0.2, -0.15) is 0 Å². The van der Waals surface area contributed by atoms with Crippen LogP contribution >= 0.6 is 0 Å². The van der Waals surface area contributed by atoms with Crippen LogP contribution in [0.15, 0.2) is 71.6 Å². The normalized spacial score (nSPS) is 12.0. The maximum Gasteiger partial charge on any atom is 0.264 e. The van der Waals surface area contributed by atoms with Crippen LogP contribution in [0.4, 0.5) is 5.69 Å². The van der Waals surface area contributed by atoms with Gasteiger partial charge in [-0.05, 0) is 73.9 Å². The average molecular weight is 497 g/mol. The molecule has 1 atom stereocenters. The van der Waals surface area contributed by atoms with Crippen LogP contribution in [0.5, 0.6) is 11.5 Å². The summed E-state index contributed by atoms with van der Waals surface area (Å²) in [4.78, 5) is 13.3. The fourth-order valence-corrected chi connectivity index (χ4v) is 5.23. The number of amides is 1. The number of nitrogens with zero attached hydrogens (tertiary/aromatic N) is 1. The van der Waals surface area contributed by atoms with Gasteiger partial charge in [0.15, 0.2) is 0 Å². The van der Waals surface area contributed by atoms with Crippen molar-refractivity contribution >= 4 is 21.6 Å². The fraction of sp³-hybridized carbons (Fsp3) is 0.296. The van der Waals surface area contributed by atoms with Crippen molar-refractivity contribution in [2.75, 3.05) is 25.1 Å². The number of hydrogen-bond donors (Lipinski definition) is 1. The molecular formula is C27H32N2O5S. The number of ether oxygens (including phenoxy) is 2. The van der Waals surface area contributed by atoms with Crippen molar-refractivity contribution in [3.63, 3.8) is 0 Å². The highest BCUT2D eigenvalue weighted by molar-refractivity contribution is 7.92. The minimum atomic E-state index is -3.99. The minimum absolute atomic E-state index is 0.115. The second-order valence-corrected chi connectivity index (χ2v) is 10.1. The summed E-state index contributed by atoms with van der Waals surface area (Å²) in [5.74, 6) is 0.952. The first-order chi connectivity index (χ1) is 16.7. The summed E-state index contributed by atoms with van der Waals surface area (Å²) in [6, 6.07) is 18.6. The van der Waals surface area contributed by atoms with Crippen LogP contribution in [0.3, 0.4) is 0 Å². The van der Waals surface area contributed by atoms with Gasteiger partial charge in [-0.1, -0.05) is 36.8 Å². The Morgan fingerprint density at radius 3 is 2.14 bits per heavy atom. The van der Waals surface area contributed by atoms with E-state index in [1.54, 1.807) is 55.6 Å². The summed E-state index contributed by atoms with van der Waals surface area (Å²) in [6.45, 7) is 5.43. The smallest absolute Gasteiger partial charge is 0.264 e. The van der Waals surface area contributed by atoms with Gasteiger partial charge in [-0.15, -0.1) is 0 Å². The molecule has 0 spiro atoms. The molecule has 0 unspecified atom stereocenters. The highest BCUT2D eigenvalue weighted by atomic mass is 32.2. The molecule has 1 N–H and O–H groups in total. The molecule has 0 radical (unpaired) electrons. The summed E-state index contributed by atoms with van der Waals surface area (Å²) < 4.78 is 38.8. The van der Waals surface area contributed by atoms with Crippen LogP contribution in [0.25, 0.3) is 0 Å². The van der Waals surface area contributed by atoms with Crippen LogP contribution in [-0.2, 0) is 14.8 Å². The molecule has 0 saturated carbocycles. The SMILES string of the molecule is CC[C@@H](NC(=O)CN(c1ccc(OC)cc1)S(=O)(=O)c1ccc(C)cc1)c1ccc(OC)c(C)c1. The van der Waals surface area contributed by atoms with E-state index < -0.39 is 15.9 Å². The Morgan fingerprint density at radius 1 is 0.943 bits per heavy atom. The van der Waals surface area contributed by atoms with Crippen LogP contribution in [-0.4, -0.2) is 35.1 Å². The lowest BCUT2D eigenvalue weighted by Gasteiger charge is -2.26. The largest absolute Gasteiger partial charge is 0.497 e. The summed E-state index contributed by atoms with van der Waals surface area (Å²) in [5, 5.41) is 2.99. The van der Waals surface area contributed by atoms with Crippen molar-refractivity contribution in [2.24, 2.45) is 0 Å². The van der Waals surface area contributed by atoms with Gasteiger partial charge in [0.1, 0.15) is 18.0 Å². The van der Waals surface area contributed by atoms with E-state index in [-0.39, 0.29) is 17.5 Å². The Kier molecular flexibility index (Phi) is 8.40. The second-order valence-electron chi connectivity index (χ2n) is 8.28. The number of carbonyl (C=O) groups is 1. The number of methoxy groups -OCH3 is 2. The number of rotatable bonds is 10. The Hall–Kier alpha value is -3.52. The van der Waals surface area contributed by atoms with E-state index in [0.717, 1.165) is 26.7 Å². The lowest BCUT2D eigenvalue weighted by atomic mass is 10.0. The quantitative estimate of drug-likeness (QED) is 0.437. The van der Waals surface area contributed by atoms with Crippen molar-refractivity contribution < 1.29 is 22.7 Å². The molecule has 0 aliphatic rings. The molecule has 8 heteroatoms. The number of hydrogen-bond acceptors (Lipinski definition) is 5. The van der Waals surface area contributed by atoms with Crippen LogP contribution in [0, 0.1) is 13.8 Å². The standard InChI is InChI=1S/C27H32N2O5S/c1-6-25(21-9-16-26(34-5)20(3)17-21)28-27(30)18-29(22-10-12-23(33-4)13-11-22)35(31,32)24-14-7-19(2)8-15-24/h7-17,25H,6,18H2,1-5H3,(H,28,30)/t25-/m1/s1. The van der Waals surface area contributed by atoms with Gasteiger partial charge in [0, 0.05) is 0 Å². The molecule has 0 aliphatic carbocycles. The minimum Gasteiger partial charge on any atom is -0.497 e. The summed E-state index contributed by atoms with van der Waals surface area (Å²) in [5.41, 5.74) is 3.20. The number of benzene rings is 3. The molecule has 0 fully saturated rings. The first-order valence-corrected chi connectivity index (χ1v) is 12.8. The van der Waals surface area contributed by atoms with E-state index in [2.05, 4.69) is 5.32 Å². The molecule has 0 aromatic heterocycles. The van der Waals surface area contributed by atoms with Crippen molar-refractivity contribution in [3.05, 3.63) is 83.4 Å². The zero-order valence-corrected chi connectivity index (χ0v) is 21.6. The van der Waals surface area contributed by atoms with Gasteiger partial charge in [-0.3, -0.25) is 9.10 Å². The molecule has 3 aromatic carbocycles. The summed E-state index contributed by atoms with van der Waals surface area (Å²) in [7, 11) is -0.842. The van der Waals surface area contributed by atoms with Crippen LogP contribution in [0.1, 0.15) is 36.1 Å². The Bertz CT molecular complexity index is 1260. The third-order valence-corrected chi connectivity index (χ3v) is 7.61. The third kappa shape index (κ3) is 6.14. The molecule has 1 amide bonds. The number of sulfonamides is 1. The molecule has 0 bridgehead atoms. The first-order valence-electron chi connectivity index (χ1n) is 11.4. The number of nitrogens with one attached hydrogen (secondary N) is 1. The van der Waals surface area contributed by atoms with Crippen molar-refractivity contribution in [3.8, 4) is 11.5 Å². The fourth-order valence-electron chi connectivity index (χ4n) is 3.81. The van der Waals surface area contributed by atoms with E-state index in [1.807, 2.05) is 39.0 Å². The lowest BCUT2D eigenvalue weighted by Crippen LogP contribution is -2.42. The van der Waals surface area contributed by atoms with Crippen LogP contribution < -0.4 is 19.1 Å². The Morgan fingerprint density at radius 2 is 1.60 bits per heavy atom. The molecule has 3 rings (SSSR count). The highest BCUT2D eigenvalue weighted by Gasteiger charge is 2.28. The van der Waals surface area contributed by atoms with E-state index >= 15 is 0 Å². The molecule has 3 aromatic rings. The zero-order chi connectivity index (χ0) is 25.6. The zero-order valence-electron chi connectivity index (χ0n) is 20.7. The van der Waals surface area contributed by atoms with Gasteiger partial charge in [0.2, 0.25) is 5.91 Å². The van der Waals surface area contributed by atoms with Gasteiger partial charge in [0.05, 0.1) is 30.8 Å². The van der Waals surface area contributed by atoms with Crippen molar-refractivity contribution in [2.45, 2.75) is 38.1 Å². The van der Waals surface area contributed by atoms with Gasteiger partial charge >= 0.3 is 0 Å². The summed E-state index contributed by atoms with van der Waals surface area (Å²) >= 11 is 0. The predicted octanol–water partition coefficient (Wildman–Crippen LogP) is 4.78. The second kappa shape index (κ2) is 11.3. The van der Waals surface area contributed by atoms with Crippen LogP contribution in [0.2, 0.25) is 0 Å². The summed E-state index contributed by atoms with van der Waals surface area (Å²) in [6.07, 6.45) is 0.644. The third-order valence-electron chi connectivity index (χ3n) is 5.82. The molecule has 0 saturated heterocycles. The van der Waals surface area contributed by atoms with E-state index in [0.29, 0.717) is 17.9 Å². The first kappa shape index (κ1) is 26.1. The molecule has 186 valence electrons. The highest BCUT2D eigenvalue weighted by Crippen LogP contribution is 2.27. The monoisotopic (exact) mass is 496 g/mol. The average Bonchev–Trinajstić information content (AvgIpc) is 2.86. The lowest BCUT2D eigenvalue weighted by molar-refractivity contribution is -0.120. The number of anilines is 1. The molecule has 35 heavy (non-hydrogen) atoms. The number of carbonyl (C=O) groups excluding carboxylic acids is 1. The van der Waals surface area contributed by atoms with E-state index in [1.165, 1.54) is 7.11 Å². The molecule has 7 nitrogen and oxygen atoms in total. The molecule has 0 heterocycles. The molecular weight excluding hydrogens is 464 g/mol. The predicted molar refractivity (Wildman–Crippen MR) is 138 cm³/mol. The maximum atomic E-state index is 13.6. The Balaban J connectivity index is 1.90. The van der Waals surface area contributed by atoms with E-state index in [4.69, 9.17) is 9.47 Å².